The molecule has 0 aliphatic heterocycles. The minimum absolute atomic E-state index is 0.0336. The molecule has 2 aromatic rings. The van der Waals surface area contributed by atoms with Crippen molar-refractivity contribution in [1.82, 2.24) is 14.8 Å². The first-order valence-electron chi connectivity index (χ1n) is 8.94. The maximum atomic E-state index is 13.0. The van der Waals surface area contributed by atoms with Crippen molar-refractivity contribution in [3.05, 3.63) is 64.5 Å². The molecule has 0 aliphatic carbocycles. The van der Waals surface area contributed by atoms with Gasteiger partial charge in [-0.2, -0.15) is 26.3 Å². The van der Waals surface area contributed by atoms with Crippen LogP contribution in [0.3, 0.4) is 0 Å². The Morgan fingerprint density at radius 3 is 2.17 bits per heavy atom. The quantitative estimate of drug-likeness (QED) is 0.624. The van der Waals surface area contributed by atoms with Crippen LogP contribution in [0.15, 0.2) is 36.4 Å². The first kappa shape index (κ1) is 23.7. The molecule has 0 atom stereocenters. The third kappa shape index (κ3) is 6.19. The predicted octanol–water partition coefficient (Wildman–Crippen LogP) is 4.63. The largest absolute Gasteiger partial charge is 0.433 e. The fourth-order valence-corrected chi connectivity index (χ4v) is 2.75. The smallest absolute Gasteiger partial charge is 0.333 e. The highest BCUT2D eigenvalue weighted by Gasteiger charge is 2.33. The van der Waals surface area contributed by atoms with Crippen LogP contribution < -0.4 is 0 Å². The van der Waals surface area contributed by atoms with Crippen molar-refractivity contribution in [2.24, 2.45) is 0 Å². The molecule has 164 valence electrons. The number of aryl methyl sites for hydroxylation is 1. The lowest BCUT2D eigenvalue weighted by atomic mass is 10.1. The van der Waals surface area contributed by atoms with E-state index in [9.17, 15) is 31.1 Å². The van der Waals surface area contributed by atoms with E-state index in [2.05, 4.69) is 4.98 Å². The summed E-state index contributed by atoms with van der Waals surface area (Å²) in [6, 6.07) is 6.35. The number of amides is 1. The van der Waals surface area contributed by atoms with Crippen LogP contribution in [0.2, 0.25) is 0 Å². The number of hydrogen-bond donors (Lipinski definition) is 0. The zero-order valence-electron chi connectivity index (χ0n) is 16.6. The minimum atomic E-state index is -4.64. The first-order valence-corrected chi connectivity index (χ1v) is 8.94. The number of rotatable bonds is 6. The Morgan fingerprint density at radius 2 is 1.63 bits per heavy atom. The van der Waals surface area contributed by atoms with Crippen LogP contribution in [-0.2, 0) is 18.9 Å². The minimum Gasteiger partial charge on any atom is -0.333 e. The van der Waals surface area contributed by atoms with Crippen LogP contribution in [0.4, 0.5) is 26.3 Å². The zero-order chi connectivity index (χ0) is 22.7. The van der Waals surface area contributed by atoms with E-state index >= 15 is 0 Å². The van der Waals surface area contributed by atoms with Crippen LogP contribution in [0.1, 0.15) is 32.9 Å². The highest BCUT2D eigenvalue weighted by Crippen LogP contribution is 2.30. The molecule has 0 saturated heterocycles. The molecule has 0 unspecified atom stereocenters. The molecule has 1 heterocycles. The van der Waals surface area contributed by atoms with Crippen molar-refractivity contribution in [3.63, 3.8) is 0 Å². The summed E-state index contributed by atoms with van der Waals surface area (Å²) >= 11 is 0. The lowest BCUT2D eigenvalue weighted by Gasteiger charge is -2.25. The fraction of sp³-hybridized carbons (Fsp3) is 0.400. The van der Waals surface area contributed by atoms with E-state index in [1.54, 1.807) is 19.0 Å². The molecule has 10 heteroatoms. The third-order valence-corrected chi connectivity index (χ3v) is 4.34. The molecule has 1 amide bonds. The van der Waals surface area contributed by atoms with E-state index in [-0.39, 0.29) is 29.9 Å². The van der Waals surface area contributed by atoms with Gasteiger partial charge in [0.25, 0.3) is 5.91 Å². The molecule has 1 aromatic carbocycles. The molecule has 30 heavy (non-hydrogen) atoms. The maximum absolute atomic E-state index is 13.0. The summed E-state index contributed by atoms with van der Waals surface area (Å²) in [6.07, 6.45) is -9.17. The molecular weight excluding hydrogens is 412 g/mol. The number of nitrogens with zero attached hydrogens (tertiary/aromatic N) is 3. The lowest BCUT2D eigenvalue weighted by Crippen LogP contribution is -2.36. The summed E-state index contributed by atoms with van der Waals surface area (Å²) in [6.45, 7) is 1.74. The number of halogens is 6. The van der Waals surface area contributed by atoms with Gasteiger partial charge in [0.05, 0.1) is 16.8 Å². The van der Waals surface area contributed by atoms with Gasteiger partial charge in [0.15, 0.2) is 0 Å². The average Bonchev–Trinajstić information content (AvgIpc) is 2.63. The second kappa shape index (κ2) is 9.03. The summed E-state index contributed by atoms with van der Waals surface area (Å²) in [5.41, 5.74) is -1.83. The Labute approximate surface area is 170 Å². The molecule has 1 aromatic heterocycles. The van der Waals surface area contributed by atoms with Gasteiger partial charge in [-0.1, -0.05) is 12.1 Å². The van der Waals surface area contributed by atoms with E-state index in [4.69, 9.17) is 0 Å². The average molecular weight is 433 g/mol. The van der Waals surface area contributed by atoms with Gasteiger partial charge in [0.1, 0.15) is 5.69 Å². The van der Waals surface area contributed by atoms with Gasteiger partial charge >= 0.3 is 12.4 Å². The second-order valence-corrected chi connectivity index (χ2v) is 7.06. The summed E-state index contributed by atoms with van der Waals surface area (Å²) in [5, 5.41) is 0. The summed E-state index contributed by atoms with van der Waals surface area (Å²) in [4.78, 5) is 19.5. The van der Waals surface area contributed by atoms with Crippen molar-refractivity contribution >= 4 is 5.91 Å². The van der Waals surface area contributed by atoms with Crippen molar-refractivity contribution < 1.29 is 31.1 Å². The molecule has 2 rings (SSSR count). The van der Waals surface area contributed by atoms with Gasteiger partial charge in [-0.25, -0.2) is 4.98 Å². The number of alkyl halides is 6. The Bertz CT molecular complexity index is 893. The van der Waals surface area contributed by atoms with Crippen molar-refractivity contribution in [1.29, 1.82) is 0 Å². The number of carbonyl (C=O) groups excluding carboxylic acids is 1. The van der Waals surface area contributed by atoms with E-state index in [1.807, 2.05) is 0 Å². The Hall–Kier alpha value is -2.62. The summed E-state index contributed by atoms with van der Waals surface area (Å²) < 4.78 is 77.5. The van der Waals surface area contributed by atoms with Crippen LogP contribution in [0.25, 0.3) is 0 Å². The SMILES string of the molecule is Cc1nc(C(F)(F)F)ccc1C(=O)N(CCN(C)C)Cc1cccc(C(F)(F)F)c1. The lowest BCUT2D eigenvalue weighted by molar-refractivity contribution is -0.141. The van der Waals surface area contributed by atoms with Crippen LogP contribution in [0, 0.1) is 6.92 Å². The van der Waals surface area contributed by atoms with Gasteiger partial charge < -0.3 is 9.80 Å². The zero-order valence-corrected chi connectivity index (χ0v) is 16.6. The number of aromatic nitrogens is 1. The van der Waals surface area contributed by atoms with E-state index in [0.717, 1.165) is 18.2 Å². The van der Waals surface area contributed by atoms with Gasteiger partial charge in [-0.15, -0.1) is 0 Å². The number of pyridine rings is 1. The second-order valence-electron chi connectivity index (χ2n) is 7.06. The van der Waals surface area contributed by atoms with Gasteiger partial charge in [-0.05, 0) is 50.8 Å². The molecule has 0 radical (unpaired) electrons. The Kier molecular flexibility index (Phi) is 7.12. The van der Waals surface area contributed by atoms with Crippen LogP contribution >= 0.6 is 0 Å². The molecule has 0 saturated carbocycles. The van der Waals surface area contributed by atoms with Crippen molar-refractivity contribution in [3.8, 4) is 0 Å². The van der Waals surface area contributed by atoms with Gasteiger partial charge in [0.2, 0.25) is 0 Å². The predicted molar refractivity (Wildman–Crippen MR) is 98.7 cm³/mol. The first-order chi connectivity index (χ1) is 13.8. The highest BCUT2D eigenvalue weighted by atomic mass is 19.4. The molecule has 0 fully saturated rings. The highest BCUT2D eigenvalue weighted by molar-refractivity contribution is 5.95. The van der Waals surface area contributed by atoms with Gasteiger partial charge in [0, 0.05) is 19.6 Å². The molecule has 4 nitrogen and oxygen atoms in total. The fourth-order valence-electron chi connectivity index (χ4n) is 2.75. The van der Waals surface area contributed by atoms with Crippen molar-refractivity contribution in [2.45, 2.75) is 25.8 Å². The molecular formula is C20H21F6N3O. The topological polar surface area (TPSA) is 36.4 Å². The monoisotopic (exact) mass is 433 g/mol. The molecule has 0 bridgehead atoms. The Balaban J connectivity index is 2.34. The third-order valence-electron chi connectivity index (χ3n) is 4.34. The summed E-state index contributed by atoms with van der Waals surface area (Å²) in [7, 11) is 3.52. The standard InChI is InChI=1S/C20H21F6N3O/c1-13-16(7-8-17(27-13)20(24,25)26)18(30)29(10-9-28(2)3)12-14-5-4-6-15(11-14)19(21,22)23/h4-8,11H,9-10,12H2,1-3H3. The Morgan fingerprint density at radius 1 is 0.967 bits per heavy atom. The number of carbonyl (C=O) groups is 1. The summed E-state index contributed by atoms with van der Waals surface area (Å²) in [5.74, 6) is -0.604. The van der Waals surface area contributed by atoms with Crippen molar-refractivity contribution in [2.75, 3.05) is 27.2 Å². The number of hydrogen-bond acceptors (Lipinski definition) is 3. The maximum Gasteiger partial charge on any atom is 0.433 e. The number of likely N-dealkylation sites (N-methyl/N-ethyl adjacent to an activating group) is 1. The van der Waals surface area contributed by atoms with E-state index in [1.165, 1.54) is 24.0 Å². The molecule has 0 aliphatic rings. The molecule has 0 N–H and O–H groups in total. The van der Waals surface area contributed by atoms with E-state index < -0.39 is 29.5 Å². The van der Waals surface area contributed by atoms with E-state index in [0.29, 0.717) is 12.6 Å². The molecule has 0 spiro atoms. The van der Waals surface area contributed by atoms with Crippen LogP contribution in [-0.4, -0.2) is 47.9 Å². The number of benzene rings is 1. The normalized spacial score (nSPS) is 12.3. The van der Waals surface area contributed by atoms with Gasteiger partial charge in [-0.3, -0.25) is 4.79 Å². The van der Waals surface area contributed by atoms with Crippen LogP contribution in [0.5, 0.6) is 0 Å².